The molecule has 0 bridgehead atoms. The minimum absolute atomic E-state index is 0.565. The molecule has 1 aliphatic heterocycles. The standard InChI is InChI=1S/C8H15N3/c9-8(10-7-3-4-7)11-5-1-2-6-11/h7H,1-6H2,(H2,9,10). The number of aliphatic imine (C=N–C) groups is 1. The topological polar surface area (TPSA) is 41.6 Å². The van der Waals surface area contributed by atoms with E-state index in [-0.39, 0.29) is 0 Å². The van der Waals surface area contributed by atoms with Crippen LogP contribution in [0.5, 0.6) is 0 Å². The smallest absolute Gasteiger partial charge is 0.191 e. The molecule has 0 aromatic rings. The zero-order valence-electron chi connectivity index (χ0n) is 6.79. The molecular weight excluding hydrogens is 138 g/mol. The van der Waals surface area contributed by atoms with E-state index < -0.39 is 0 Å². The summed E-state index contributed by atoms with van der Waals surface area (Å²) >= 11 is 0. The summed E-state index contributed by atoms with van der Waals surface area (Å²) in [6, 6.07) is 0.565. The molecule has 1 heterocycles. The first-order valence-corrected chi connectivity index (χ1v) is 4.44. The number of hydrogen-bond donors (Lipinski definition) is 1. The van der Waals surface area contributed by atoms with Crippen LogP contribution in [0.15, 0.2) is 4.99 Å². The minimum Gasteiger partial charge on any atom is -0.370 e. The first-order chi connectivity index (χ1) is 5.36. The summed E-state index contributed by atoms with van der Waals surface area (Å²) in [7, 11) is 0. The van der Waals surface area contributed by atoms with Gasteiger partial charge in [-0.25, -0.2) is 4.99 Å². The number of guanidine groups is 1. The zero-order valence-corrected chi connectivity index (χ0v) is 6.79. The Bertz CT molecular complexity index is 166. The molecule has 0 aromatic carbocycles. The lowest BCUT2D eigenvalue weighted by Crippen LogP contribution is -2.35. The minimum atomic E-state index is 0.565. The first-order valence-electron chi connectivity index (χ1n) is 4.44. The van der Waals surface area contributed by atoms with Gasteiger partial charge in [-0.15, -0.1) is 0 Å². The van der Waals surface area contributed by atoms with Gasteiger partial charge in [-0.3, -0.25) is 0 Å². The van der Waals surface area contributed by atoms with Crippen LogP contribution in [0.2, 0.25) is 0 Å². The van der Waals surface area contributed by atoms with E-state index in [1.54, 1.807) is 0 Å². The second kappa shape index (κ2) is 2.72. The maximum absolute atomic E-state index is 5.80. The van der Waals surface area contributed by atoms with Crippen LogP contribution in [0.1, 0.15) is 25.7 Å². The lowest BCUT2D eigenvalue weighted by Gasteiger charge is -2.15. The van der Waals surface area contributed by atoms with Gasteiger partial charge in [0.25, 0.3) is 0 Å². The van der Waals surface area contributed by atoms with Crippen molar-refractivity contribution in [2.24, 2.45) is 10.7 Å². The average molecular weight is 153 g/mol. The molecule has 0 spiro atoms. The summed E-state index contributed by atoms with van der Waals surface area (Å²) in [5.74, 6) is 0.782. The molecule has 0 amide bonds. The van der Waals surface area contributed by atoms with E-state index in [1.807, 2.05) is 0 Å². The van der Waals surface area contributed by atoms with Crippen LogP contribution in [0.25, 0.3) is 0 Å². The fourth-order valence-corrected chi connectivity index (χ4v) is 1.42. The summed E-state index contributed by atoms with van der Waals surface area (Å²) in [6.07, 6.45) is 5.05. The Morgan fingerprint density at radius 1 is 1.27 bits per heavy atom. The fourth-order valence-electron chi connectivity index (χ4n) is 1.42. The van der Waals surface area contributed by atoms with Crippen molar-refractivity contribution < 1.29 is 0 Å². The van der Waals surface area contributed by atoms with Gasteiger partial charge in [0.2, 0.25) is 0 Å². The molecule has 2 fully saturated rings. The number of likely N-dealkylation sites (tertiary alicyclic amines) is 1. The van der Waals surface area contributed by atoms with Gasteiger partial charge in [0.15, 0.2) is 5.96 Å². The second-order valence-corrected chi connectivity index (χ2v) is 3.41. The highest BCUT2D eigenvalue weighted by Crippen LogP contribution is 2.23. The zero-order chi connectivity index (χ0) is 7.68. The van der Waals surface area contributed by atoms with Gasteiger partial charge in [-0.1, -0.05) is 0 Å². The van der Waals surface area contributed by atoms with E-state index in [0.717, 1.165) is 19.0 Å². The van der Waals surface area contributed by atoms with Crippen LogP contribution < -0.4 is 5.73 Å². The van der Waals surface area contributed by atoms with Crippen LogP contribution in [0.4, 0.5) is 0 Å². The number of rotatable bonds is 1. The Kier molecular flexibility index (Phi) is 1.72. The van der Waals surface area contributed by atoms with Crippen LogP contribution >= 0.6 is 0 Å². The molecule has 2 aliphatic rings. The second-order valence-electron chi connectivity index (χ2n) is 3.41. The Labute approximate surface area is 67.3 Å². The molecule has 0 unspecified atom stereocenters. The molecule has 3 heteroatoms. The Morgan fingerprint density at radius 3 is 2.45 bits per heavy atom. The van der Waals surface area contributed by atoms with Gasteiger partial charge < -0.3 is 10.6 Å². The molecule has 11 heavy (non-hydrogen) atoms. The van der Waals surface area contributed by atoms with Crippen LogP contribution in [-0.2, 0) is 0 Å². The summed E-state index contributed by atoms with van der Waals surface area (Å²) in [5, 5.41) is 0. The van der Waals surface area contributed by atoms with Crippen molar-refractivity contribution in [2.75, 3.05) is 13.1 Å². The summed E-state index contributed by atoms with van der Waals surface area (Å²) in [4.78, 5) is 6.58. The van der Waals surface area contributed by atoms with E-state index >= 15 is 0 Å². The van der Waals surface area contributed by atoms with Crippen LogP contribution in [0, 0.1) is 0 Å². The SMILES string of the molecule is NC(=NC1CC1)N1CCCC1. The molecule has 3 nitrogen and oxygen atoms in total. The number of nitrogens with zero attached hydrogens (tertiary/aromatic N) is 2. The van der Waals surface area contributed by atoms with Crippen molar-refractivity contribution in [1.29, 1.82) is 0 Å². The highest BCUT2D eigenvalue weighted by Gasteiger charge is 2.22. The maximum atomic E-state index is 5.80. The van der Waals surface area contributed by atoms with E-state index in [1.165, 1.54) is 25.7 Å². The lowest BCUT2D eigenvalue weighted by atomic mass is 10.4. The van der Waals surface area contributed by atoms with Crippen LogP contribution in [0.3, 0.4) is 0 Å². The van der Waals surface area contributed by atoms with Crippen molar-refractivity contribution in [1.82, 2.24) is 4.90 Å². The van der Waals surface area contributed by atoms with Crippen molar-refractivity contribution in [3.05, 3.63) is 0 Å². The van der Waals surface area contributed by atoms with Gasteiger partial charge in [-0.05, 0) is 25.7 Å². The number of hydrogen-bond acceptors (Lipinski definition) is 1. The Balaban J connectivity index is 1.90. The summed E-state index contributed by atoms with van der Waals surface area (Å²) < 4.78 is 0. The van der Waals surface area contributed by atoms with Gasteiger partial charge >= 0.3 is 0 Å². The predicted octanol–water partition coefficient (Wildman–Crippen LogP) is 0.559. The monoisotopic (exact) mass is 153 g/mol. The molecule has 62 valence electrons. The maximum Gasteiger partial charge on any atom is 0.191 e. The molecule has 0 aromatic heterocycles. The molecule has 0 atom stereocenters. The number of nitrogens with two attached hydrogens (primary N) is 1. The van der Waals surface area contributed by atoms with Crippen LogP contribution in [-0.4, -0.2) is 30.0 Å². The van der Waals surface area contributed by atoms with Gasteiger partial charge in [0, 0.05) is 13.1 Å². The van der Waals surface area contributed by atoms with Gasteiger partial charge in [-0.2, -0.15) is 0 Å². The highest BCUT2D eigenvalue weighted by atomic mass is 15.3. The normalized spacial score (nSPS) is 26.2. The Hall–Kier alpha value is -0.730. The van der Waals surface area contributed by atoms with E-state index in [0.29, 0.717) is 6.04 Å². The summed E-state index contributed by atoms with van der Waals surface area (Å²) in [5.41, 5.74) is 5.80. The fraction of sp³-hybridized carbons (Fsp3) is 0.875. The predicted molar refractivity (Wildman–Crippen MR) is 45.5 cm³/mol. The van der Waals surface area contributed by atoms with Gasteiger partial charge in [0.05, 0.1) is 6.04 Å². The Morgan fingerprint density at radius 2 is 1.91 bits per heavy atom. The average Bonchev–Trinajstić information content (AvgIpc) is 2.67. The first kappa shape index (κ1) is 6.95. The lowest BCUT2D eigenvalue weighted by molar-refractivity contribution is 0.510. The molecular formula is C8H15N3. The molecule has 2 rings (SSSR count). The molecule has 0 radical (unpaired) electrons. The third-order valence-corrected chi connectivity index (χ3v) is 2.29. The molecule has 1 aliphatic carbocycles. The van der Waals surface area contributed by atoms with E-state index in [4.69, 9.17) is 5.73 Å². The molecule has 2 N–H and O–H groups in total. The van der Waals surface area contributed by atoms with Crippen molar-refractivity contribution in [3.8, 4) is 0 Å². The third-order valence-electron chi connectivity index (χ3n) is 2.29. The molecule has 1 saturated heterocycles. The summed E-state index contributed by atoms with van der Waals surface area (Å²) in [6.45, 7) is 2.23. The third kappa shape index (κ3) is 1.64. The van der Waals surface area contributed by atoms with Gasteiger partial charge in [0.1, 0.15) is 0 Å². The van der Waals surface area contributed by atoms with Crippen molar-refractivity contribution >= 4 is 5.96 Å². The highest BCUT2D eigenvalue weighted by molar-refractivity contribution is 5.78. The van der Waals surface area contributed by atoms with Crippen molar-refractivity contribution in [2.45, 2.75) is 31.7 Å². The largest absolute Gasteiger partial charge is 0.370 e. The van der Waals surface area contributed by atoms with E-state index in [2.05, 4.69) is 9.89 Å². The molecule has 1 saturated carbocycles. The van der Waals surface area contributed by atoms with E-state index in [9.17, 15) is 0 Å². The van der Waals surface area contributed by atoms with Crippen molar-refractivity contribution in [3.63, 3.8) is 0 Å². The quantitative estimate of drug-likeness (QED) is 0.442.